The van der Waals surface area contributed by atoms with Crippen LogP contribution in [-0.2, 0) is 4.43 Å². The van der Waals surface area contributed by atoms with Crippen molar-refractivity contribution in [1.82, 2.24) is 0 Å². The van der Waals surface area contributed by atoms with E-state index in [0.29, 0.717) is 5.75 Å². The van der Waals surface area contributed by atoms with Gasteiger partial charge in [0.15, 0.2) is 5.76 Å². The van der Waals surface area contributed by atoms with Crippen LogP contribution in [0.25, 0.3) is 5.76 Å². The summed E-state index contributed by atoms with van der Waals surface area (Å²) in [5.41, 5.74) is 0.0306. The third-order valence-electron chi connectivity index (χ3n) is 2.21. The number of methoxy groups -OCH3 is 1. The highest BCUT2D eigenvalue weighted by molar-refractivity contribution is 6.70. The van der Waals surface area contributed by atoms with E-state index in [1.54, 1.807) is 19.6 Å². The van der Waals surface area contributed by atoms with Crippen LogP contribution in [0, 0.1) is 0 Å². The zero-order valence-electron chi connectivity index (χ0n) is 11.6. The van der Waals surface area contributed by atoms with Gasteiger partial charge >= 0.3 is 6.18 Å². The second-order valence-electron chi connectivity index (χ2n) is 5.08. The topological polar surface area (TPSA) is 18.5 Å². The molecule has 0 aliphatic heterocycles. The number of rotatable bonds is 4. The van der Waals surface area contributed by atoms with Gasteiger partial charge in [-0.25, -0.2) is 0 Å². The second kappa shape index (κ2) is 5.86. The van der Waals surface area contributed by atoms with Crippen molar-refractivity contribution in [3.8, 4) is 5.75 Å². The largest absolute Gasteiger partial charge is 0.542 e. The maximum Gasteiger partial charge on any atom is 0.446 e. The first-order chi connectivity index (χ1) is 9.04. The van der Waals surface area contributed by atoms with Crippen molar-refractivity contribution in [3.63, 3.8) is 0 Å². The molecular weight excluding hydrogens is 292 g/mol. The Hall–Kier alpha value is -1.50. The molecule has 0 atom stereocenters. The first-order valence-corrected chi connectivity index (χ1v) is 9.26. The van der Waals surface area contributed by atoms with E-state index < -0.39 is 26.1 Å². The summed E-state index contributed by atoms with van der Waals surface area (Å²) < 4.78 is 61.5. The molecule has 7 heteroatoms. The molecule has 2 nitrogen and oxygen atoms in total. The Balaban J connectivity index is 3.30. The Labute approximate surface area is 116 Å². The maximum absolute atomic E-state index is 13.6. The molecule has 0 saturated carbocycles. The number of hydrogen-bond acceptors (Lipinski definition) is 2. The molecule has 112 valence electrons. The third kappa shape index (κ3) is 4.55. The SMILES string of the molecule is COc1ccc(/C(O[Si](C)(C)C)=C(\F)C(F)(F)F)cc1. The minimum absolute atomic E-state index is 0.0306. The van der Waals surface area contributed by atoms with Crippen LogP contribution in [0.4, 0.5) is 17.6 Å². The molecule has 0 spiro atoms. The van der Waals surface area contributed by atoms with Gasteiger partial charge in [-0.1, -0.05) is 0 Å². The smallest absolute Gasteiger partial charge is 0.446 e. The fourth-order valence-electron chi connectivity index (χ4n) is 1.41. The van der Waals surface area contributed by atoms with E-state index in [2.05, 4.69) is 0 Å². The van der Waals surface area contributed by atoms with Gasteiger partial charge < -0.3 is 9.16 Å². The zero-order chi connectivity index (χ0) is 15.6. The van der Waals surface area contributed by atoms with Crippen molar-refractivity contribution in [2.24, 2.45) is 0 Å². The lowest BCUT2D eigenvalue weighted by Crippen LogP contribution is -2.26. The van der Waals surface area contributed by atoms with Crippen molar-refractivity contribution in [3.05, 3.63) is 35.7 Å². The summed E-state index contributed by atoms with van der Waals surface area (Å²) in [5.74, 6) is -2.52. The molecule has 0 N–H and O–H groups in total. The summed E-state index contributed by atoms with van der Waals surface area (Å²) in [5, 5.41) is 0. The normalized spacial score (nSPS) is 13.8. The van der Waals surface area contributed by atoms with Crippen molar-refractivity contribution >= 4 is 14.1 Å². The van der Waals surface area contributed by atoms with Crippen molar-refractivity contribution < 1.29 is 26.7 Å². The average molecular weight is 308 g/mol. The van der Waals surface area contributed by atoms with E-state index in [4.69, 9.17) is 9.16 Å². The average Bonchev–Trinajstić information content (AvgIpc) is 2.33. The van der Waals surface area contributed by atoms with E-state index in [1.165, 1.54) is 31.4 Å². The Morgan fingerprint density at radius 1 is 1.05 bits per heavy atom. The Kier molecular flexibility index (Phi) is 4.85. The van der Waals surface area contributed by atoms with Crippen LogP contribution in [0.15, 0.2) is 30.1 Å². The van der Waals surface area contributed by atoms with Gasteiger partial charge in [0, 0.05) is 5.56 Å². The van der Waals surface area contributed by atoms with Gasteiger partial charge in [-0.05, 0) is 43.9 Å². The van der Waals surface area contributed by atoms with Crippen molar-refractivity contribution in [2.75, 3.05) is 7.11 Å². The van der Waals surface area contributed by atoms with Gasteiger partial charge in [0.1, 0.15) is 5.75 Å². The Bertz CT molecular complexity index is 487. The molecule has 0 saturated heterocycles. The van der Waals surface area contributed by atoms with Gasteiger partial charge in [0.25, 0.3) is 0 Å². The molecule has 0 fully saturated rings. The van der Waals surface area contributed by atoms with Crippen LogP contribution < -0.4 is 4.74 Å². The second-order valence-corrected chi connectivity index (χ2v) is 9.51. The third-order valence-corrected chi connectivity index (χ3v) is 3.03. The van der Waals surface area contributed by atoms with E-state index in [9.17, 15) is 17.6 Å². The summed E-state index contributed by atoms with van der Waals surface area (Å²) >= 11 is 0. The fourth-order valence-corrected chi connectivity index (χ4v) is 2.23. The van der Waals surface area contributed by atoms with Crippen LogP contribution in [0.5, 0.6) is 5.75 Å². The minimum Gasteiger partial charge on any atom is -0.542 e. The highest BCUT2D eigenvalue weighted by Crippen LogP contribution is 2.36. The van der Waals surface area contributed by atoms with Crippen molar-refractivity contribution in [2.45, 2.75) is 25.8 Å². The first kappa shape index (κ1) is 16.6. The molecule has 0 bridgehead atoms. The number of allylic oxidation sites excluding steroid dienone is 1. The molecule has 0 radical (unpaired) electrons. The standard InChI is InChI=1S/C13H16F4O2Si/c1-18-10-7-5-9(6-8-10)11(19-20(2,3)4)12(14)13(15,16)17/h5-8H,1-4H3/b12-11+. The van der Waals surface area contributed by atoms with Gasteiger partial charge in [-0.3, -0.25) is 0 Å². The van der Waals surface area contributed by atoms with E-state index in [-0.39, 0.29) is 5.56 Å². The number of ether oxygens (including phenoxy) is 1. The van der Waals surface area contributed by atoms with Gasteiger partial charge in [-0.2, -0.15) is 17.6 Å². The quantitative estimate of drug-likeness (QED) is 0.454. The maximum atomic E-state index is 13.6. The summed E-state index contributed by atoms with van der Waals surface area (Å²) in [6.45, 7) is 5.04. The molecule has 0 unspecified atom stereocenters. The lowest BCUT2D eigenvalue weighted by Gasteiger charge is -2.23. The molecule has 1 rings (SSSR count). The van der Waals surface area contributed by atoms with Gasteiger partial charge in [0.05, 0.1) is 7.11 Å². The summed E-state index contributed by atoms with van der Waals surface area (Å²) in [6, 6.07) is 5.57. The molecule has 0 heterocycles. The molecular formula is C13H16F4O2Si. The fraction of sp³-hybridized carbons (Fsp3) is 0.385. The lowest BCUT2D eigenvalue weighted by atomic mass is 10.1. The molecule has 0 aromatic heterocycles. The van der Waals surface area contributed by atoms with Crippen LogP contribution in [0.1, 0.15) is 5.56 Å². The molecule has 0 aliphatic carbocycles. The van der Waals surface area contributed by atoms with Crippen LogP contribution in [0.3, 0.4) is 0 Å². The number of alkyl halides is 3. The molecule has 0 aliphatic rings. The first-order valence-electron chi connectivity index (χ1n) is 5.85. The molecule has 20 heavy (non-hydrogen) atoms. The van der Waals surface area contributed by atoms with Gasteiger partial charge in [-0.15, -0.1) is 0 Å². The molecule has 1 aromatic carbocycles. The predicted octanol–water partition coefficient (Wildman–Crippen LogP) is 4.75. The zero-order valence-corrected chi connectivity index (χ0v) is 12.6. The van der Waals surface area contributed by atoms with E-state index in [0.717, 1.165) is 0 Å². The van der Waals surface area contributed by atoms with Crippen LogP contribution in [0.2, 0.25) is 19.6 Å². The Morgan fingerprint density at radius 2 is 1.55 bits per heavy atom. The highest BCUT2D eigenvalue weighted by atomic mass is 28.4. The highest BCUT2D eigenvalue weighted by Gasteiger charge is 2.40. The summed E-state index contributed by atoms with van der Waals surface area (Å²) in [4.78, 5) is 0. The summed E-state index contributed by atoms with van der Waals surface area (Å²) in [6.07, 6.45) is -5.07. The summed E-state index contributed by atoms with van der Waals surface area (Å²) in [7, 11) is -0.965. The minimum atomic E-state index is -5.07. The number of benzene rings is 1. The van der Waals surface area contributed by atoms with E-state index >= 15 is 0 Å². The van der Waals surface area contributed by atoms with Crippen molar-refractivity contribution in [1.29, 1.82) is 0 Å². The van der Waals surface area contributed by atoms with Crippen LogP contribution in [-0.4, -0.2) is 21.6 Å². The lowest BCUT2D eigenvalue weighted by molar-refractivity contribution is -0.109. The molecule has 0 amide bonds. The number of hydrogen-bond donors (Lipinski definition) is 0. The van der Waals surface area contributed by atoms with Gasteiger partial charge in [0.2, 0.25) is 14.1 Å². The predicted molar refractivity (Wildman–Crippen MR) is 71.5 cm³/mol. The van der Waals surface area contributed by atoms with Crippen LogP contribution >= 0.6 is 0 Å². The number of halogens is 4. The Morgan fingerprint density at radius 3 is 1.90 bits per heavy atom. The van der Waals surface area contributed by atoms with E-state index in [1.807, 2.05) is 0 Å². The monoisotopic (exact) mass is 308 g/mol. The molecule has 1 aromatic rings.